The fourth-order valence-electron chi connectivity index (χ4n) is 4.08. The average Bonchev–Trinajstić information content (AvgIpc) is 2.57. The SMILES string of the molecule is CC1CCCCCCCCC2(O)CCCC2(O)C1. The first-order valence-electron chi connectivity index (χ1n) is 8.01. The summed E-state index contributed by atoms with van der Waals surface area (Å²) in [6, 6.07) is 0. The zero-order chi connectivity index (χ0) is 13.1. The van der Waals surface area contributed by atoms with Gasteiger partial charge >= 0.3 is 0 Å². The molecule has 2 aliphatic carbocycles. The van der Waals surface area contributed by atoms with E-state index >= 15 is 0 Å². The van der Waals surface area contributed by atoms with Crippen LogP contribution in [0.25, 0.3) is 0 Å². The Bertz CT molecular complexity index is 266. The monoisotopic (exact) mass is 254 g/mol. The first kappa shape index (κ1) is 14.3. The van der Waals surface area contributed by atoms with Crippen molar-refractivity contribution in [3.8, 4) is 0 Å². The van der Waals surface area contributed by atoms with Crippen molar-refractivity contribution in [2.24, 2.45) is 5.92 Å². The van der Waals surface area contributed by atoms with E-state index < -0.39 is 11.2 Å². The van der Waals surface area contributed by atoms with E-state index in [0.29, 0.717) is 5.92 Å². The number of aliphatic hydroxyl groups is 2. The van der Waals surface area contributed by atoms with Gasteiger partial charge in [-0.1, -0.05) is 51.9 Å². The third kappa shape index (κ3) is 3.08. The molecule has 2 nitrogen and oxygen atoms in total. The minimum Gasteiger partial charge on any atom is -0.387 e. The van der Waals surface area contributed by atoms with E-state index in [9.17, 15) is 10.2 Å². The lowest BCUT2D eigenvalue weighted by molar-refractivity contribution is -0.145. The molecule has 0 amide bonds. The van der Waals surface area contributed by atoms with Crippen LogP contribution in [-0.4, -0.2) is 21.4 Å². The van der Waals surface area contributed by atoms with Gasteiger partial charge in [-0.3, -0.25) is 0 Å². The van der Waals surface area contributed by atoms with Crippen molar-refractivity contribution in [2.45, 2.75) is 95.2 Å². The molecule has 2 rings (SSSR count). The highest BCUT2D eigenvalue weighted by Gasteiger charge is 2.52. The molecule has 3 atom stereocenters. The molecule has 0 heterocycles. The lowest BCUT2D eigenvalue weighted by atomic mass is 9.75. The first-order valence-corrected chi connectivity index (χ1v) is 8.01. The zero-order valence-corrected chi connectivity index (χ0v) is 12.0. The number of rotatable bonds is 0. The van der Waals surface area contributed by atoms with Crippen LogP contribution in [0.5, 0.6) is 0 Å². The Labute approximate surface area is 112 Å². The standard InChI is InChI=1S/C16H30O2/c1-14-9-6-4-2-3-5-7-10-15(17)11-8-12-16(15,18)13-14/h14,17-18H,2-13H2,1H3. The second-order valence-corrected chi connectivity index (χ2v) is 6.89. The third-order valence-electron chi connectivity index (χ3n) is 5.27. The molecular formula is C16H30O2. The summed E-state index contributed by atoms with van der Waals surface area (Å²) in [5.74, 6) is 0.541. The van der Waals surface area contributed by atoms with Crippen molar-refractivity contribution in [1.82, 2.24) is 0 Å². The van der Waals surface area contributed by atoms with Gasteiger partial charge in [-0.25, -0.2) is 0 Å². The van der Waals surface area contributed by atoms with Gasteiger partial charge in [0.1, 0.15) is 0 Å². The molecule has 18 heavy (non-hydrogen) atoms. The molecule has 0 spiro atoms. The van der Waals surface area contributed by atoms with Crippen LogP contribution < -0.4 is 0 Å². The number of hydrogen-bond donors (Lipinski definition) is 2. The Kier molecular flexibility index (Phi) is 4.71. The molecule has 106 valence electrons. The van der Waals surface area contributed by atoms with Crippen LogP contribution >= 0.6 is 0 Å². The van der Waals surface area contributed by atoms with Gasteiger partial charge in [-0.15, -0.1) is 0 Å². The maximum Gasteiger partial charge on any atom is 0.0935 e. The molecule has 3 unspecified atom stereocenters. The van der Waals surface area contributed by atoms with E-state index in [0.717, 1.165) is 38.5 Å². The van der Waals surface area contributed by atoms with E-state index in [-0.39, 0.29) is 0 Å². The Hall–Kier alpha value is -0.0800. The third-order valence-corrected chi connectivity index (χ3v) is 5.27. The van der Waals surface area contributed by atoms with E-state index in [1.54, 1.807) is 0 Å². The van der Waals surface area contributed by atoms with Gasteiger partial charge in [0, 0.05) is 0 Å². The lowest BCUT2D eigenvalue weighted by Gasteiger charge is -2.40. The fraction of sp³-hybridized carbons (Fsp3) is 1.00. The van der Waals surface area contributed by atoms with E-state index in [1.165, 1.54) is 38.5 Å². The Morgan fingerprint density at radius 3 is 2.06 bits per heavy atom. The summed E-state index contributed by atoms with van der Waals surface area (Å²) in [7, 11) is 0. The summed E-state index contributed by atoms with van der Waals surface area (Å²) in [4.78, 5) is 0. The quantitative estimate of drug-likeness (QED) is 0.690. The minimum absolute atomic E-state index is 0.541. The summed E-state index contributed by atoms with van der Waals surface area (Å²) in [6.45, 7) is 2.24. The van der Waals surface area contributed by atoms with Gasteiger partial charge < -0.3 is 10.2 Å². The predicted octanol–water partition coefficient (Wildman–Crippen LogP) is 3.79. The molecule has 0 aliphatic heterocycles. The predicted molar refractivity (Wildman–Crippen MR) is 74.5 cm³/mol. The summed E-state index contributed by atoms with van der Waals surface area (Å²) >= 11 is 0. The van der Waals surface area contributed by atoms with Gasteiger partial charge in [0.15, 0.2) is 0 Å². The highest BCUT2D eigenvalue weighted by atomic mass is 16.4. The molecule has 0 bridgehead atoms. The van der Waals surface area contributed by atoms with Gasteiger partial charge in [0.2, 0.25) is 0 Å². The average molecular weight is 254 g/mol. The van der Waals surface area contributed by atoms with E-state index in [2.05, 4.69) is 6.92 Å². The van der Waals surface area contributed by atoms with Crippen molar-refractivity contribution in [2.75, 3.05) is 0 Å². The summed E-state index contributed by atoms with van der Waals surface area (Å²) < 4.78 is 0. The largest absolute Gasteiger partial charge is 0.387 e. The van der Waals surface area contributed by atoms with Crippen LogP contribution in [0.3, 0.4) is 0 Å². The molecule has 0 aromatic heterocycles. The van der Waals surface area contributed by atoms with Gasteiger partial charge in [0.05, 0.1) is 11.2 Å². The molecule has 2 heteroatoms. The van der Waals surface area contributed by atoms with Crippen LogP contribution in [-0.2, 0) is 0 Å². The number of fused-ring (bicyclic) bond motifs is 1. The lowest BCUT2D eigenvalue weighted by Crippen LogP contribution is -2.50. The second kappa shape index (κ2) is 5.92. The smallest absolute Gasteiger partial charge is 0.0935 e. The van der Waals surface area contributed by atoms with Gasteiger partial charge in [0.25, 0.3) is 0 Å². The Balaban J connectivity index is 2.05. The summed E-state index contributed by atoms with van der Waals surface area (Å²) in [5, 5.41) is 21.7. The van der Waals surface area contributed by atoms with Crippen molar-refractivity contribution >= 4 is 0 Å². The molecule has 2 saturated carbocycles. The van der Waals surface area contributed by atoms with Gasteiger partial charge in [-0.05, 0) is 38.0 Å². The van der Waals surface area contributed by atoms with Crippen LogP contribution in [0, 0.1) is 5.92 Å². The zero-order valence-electron chi connectivity index (χ0n) is 12.0. The number of hydrogen-bond acceptors (Lipinski definition) is 2. The van der Waals surface area contributed by atoms with Crippen molar-refractivity contribution in [3.05, 3.63) is 0 Å². The minimum atomic E-state index is -0.800. The van der Waals surface area contributed by atoms with Crippen LogP contribution in [0.15, 0.2) is 0 Å². The molecule has 2 aliphatic rings. The first-order chi connectivity index (χ1) is 8.56. The highest BCUT2D eigenvalue weighted by molar-refractivity contribution is 5.05. The molecule has 0 aromatic rings. The van der Waals surface area contributed by atoms with Crippen LogP contribution in [0.4, 0.5) is 0 Å². The molecule has 0 radical (unpaired) electrons. The Morgan fingerprint density at radius 2 is 1.28 bits per heavy atom. The maximum absolute atomic E-state index is 10.9. The normalized spacial score (nSPS) is 43.8. The second-order valence-electron chi connectivity index (χ2n) is 6.89. The molecule has 2 fully saturated rings. The van der Waals surface area contributed by atoms with Crippen LogP contribution in [0.2, 0.25) is 0 Å². The molecule has 0 saturated heterocycles. The van der Waals surface area contributed by atoms with Gasteiger partial charge in [-0.2, -0.15) is 0 Å². The molecule has 2 N–H and O–H groups in total. The van der Waals surface area contributed by atoms with E-state index in [4.69, 9.17) is 0 Å². The van der Waals surface area contributed by atoms with Crippen molar-refractivity contribution in [3.63, 3.8) is 0 Å². The molecular weight excluding hydrogens is 224 g/mol. The maximum atomic E-state index is 10.9. The fourth-order valence-corrected chi connectivity index (χ4v) is 4.08. The Morgan fingerprint density at radius 1 is 0.722 bits per heavy atom. The summed E-state index contributed by atoms with van der Waals surface area (Å²) in [6.07, 6.45) is 12.9. The highest BCUT2D eigenvalue weighted by Crippen LogP contribution is 2.46. The topological polar surface area (TPSA) is 40.5 Å². The molecule has 0 aromatic carbocycles. The van der Waals surface area contributed by atoms with Crippen molar-refractivity contribution in [1.29, 1.82) is 0 Å². The van der Waals surface area contributed by atoms with Crippen LogP contribution in [0.1, 0.15) is 84.0 Å². The summed E-state index contributed by atoms with van der Waals surface area (Å²) in [5.41, 5.74) is -1.59. The van der Waals surface area contributed by atoms with Crippen molar-refractivity contribution < 1.29 is 10.2 Å². The van der Waals surface area contributed by atoms with E-state index in [1.807, 2.05) is 0 Å².